The number of fused-ring (bicyclic) bond motifs is 1. The first-order valence-electron chi connectivity index (χ1n) is 6.20. The van der Waals surface area contributed by atoms with Crippen LogP contribution in [0, 0.1) is 13.8 Å². The Morgan fingerprint density at radius 3 is 2.05 bits per heavy atom. The van der Waals surface area contributed by atoms with Crippen LogP contribution in [-0.4, -0.2) is 16.6 Å². The lowest BCUT2D eigenvalue weighted by Gasteiger charge is -2.08. The lowest BCUT2D eigenvalue weighted by Crippen LogP contribution is -2.15. The van der Waals surface area contributed by atoms with E-state index >= 15 is 0 Å². The van der Waals surface area contributed by atoms with E-state index in [0.29, 0.717) is 16.8 Å². The number of nitrogens with zero attached hydrogens (tertiary/aromatic N) is 1. The zero-order valence-electron chi connectivity index (χ0n) is 10.8. The van der Waals surface area contributed by atoms with E-state index in [1.54, 1.807) is 24.3 Å². The second-order valence-corrected chi connectivity index (χ2v) is 4.92. The highest BCUT2D eigenvalue weighted by atomic mass is 16.2. The minimum atomic E-state index is -0.768. The Morgan fingerprint density at radius 1 is 0.947 bits per heavy atom. The average Bonchev–Trinajstić information content (AvgIpc) is 2.61. The molecule has 3 nitrogen and oxygen atoms in total. The van der Waals surface area contributed by atoms with Crippen LogP contribution in [-0.2, 0) is 0 Å². The zero-order chi connectivity index (χ0) is 13.6. The van der Waals surface area contributed by atoms with Gasteiger partial charge in [-0.2, -0.15) is 0 Å². The number of hydrogen-bond donors (Lipinski definition) is 0. The topological polar surface area (TPSA) is 47.0 Å². The predicted molar refractivity (Wildman–Crippen MR) is 71.6 cm³/mol. The fraction of sp³-hybridized carbons (Fsp3) is 0.188. The SMILES string of the molecule is Cc1cc(C)nc(C2C(=O)c3ccccc3C2=O)c1. The number of Topliss-reactive ketones (excluding diaryl/α,β-unsaturated/α-hetero) is 2. The highest BCUT2D eigenvalue weighted by Crippen LogP contribution is 2.33. The smallest absolute Gasteiger partial charge is 0.180 e. The van der Waals surface area contributed by atoms with Crippen molar-refractivity contribution in [1.82, 2.24) is 4.98 Å². The number of rotatable bonds is 1. The number of carbonyl (C=O) groups is 2. The summed E-state index contributed by atoms with van der Waals surface area (Å²) in [6, 6.07) is 10.7. The van der Waals surface area contributed by atoms with Gasteiger partial charge in [0.05, 0.1) is 5.69 Å². The molecule has 1 aliphatic carbocycles. The van der Waals surface area contributed by atoms with Crippen LogP contribution < -0.4 is 0 Å². The molecule has 0 unspecified atom stereocenters. The monoisotopic (exact) mass is 251 g/mol. The minimum absolute atomic E-state index is 0.141. The van der Waals surface area contributed by atoms with Crippen LogP contribution in [0.2, 0.25) is 0 Å². The van der Waals surface area contributed by atoms with Gasteiger partial charge in [0.1, 0.15) is 5.92 Å². The molecule has 19 heavy (non-hydrogen) atoms. The van der Waals surface area contributed by atoms with Crippen molar-refractivity contribution in [2.45, 2.75) is 19.8 Å². The maximum absolute atomic E-state index is 12.4. The van der Waals surface area contributed by atoms with Crippen molar-refractivity contribution in [3.05, 3.63) is 64.5 Å². The van der Waals surface area contributed by atoms with Crippen molar-refractivity contribution in [2.24, 2.45) is 0 Å². The maximum Gasteiger partial charge on any atom is 0.180 e. The highest BCUT2D eigenvalue weighted by molar-refractivity contribution is 6.29. The molecular weight excluding hydrogens is 238 g/mol. The van der Waals surface area contributed by atoms with E-state index in [2.05, 4.69) is 4.98 Å². The number of benzene rings is 1. The molecule has 0 spiro atoms. The van der Waals surface area contributed by atoms with E-state index in [4.69, 9.17) is 0 Å². The average molecular weight is 251 g/mol. The van der Waals surface area contributed by atoms with Crippen LogP contribution in [0.1, 0.15) is 43.6 Å². The van der Waals surface area contributed by atoms with Crippen LogP contribution in [0.5, 0.6) is 0 Å². The third-order valence-electron chi connectivity index (χ3n) is 3.40. The first-order valence-corrected chi connectivity index (χ1v) is 6.20. The third kappa shape index (κ3) is 1.78. The van der Waals surface area contributed by atoms with Gasteiger partial charge in [-0.3, -0.25) is 14.6 Å². The molecule has 1 heterocycles. The molecule has 0 radical (unpaired) electrons. The van der Waals surface area contributed by atoms with Crippen LogP contribution in [0.25, 0.3) is 0 Å². The standard InChI is InChI=1S/C16H13NO2/c1-9-7-10(2)17-13(8-9)14-15(18)11-5-3-4-6-12(11)16(14)19/h3-8,14H,1-2H3. The number of carbonyl (C=O) groups excluding carboxylic acids is 2. The quantitative estimate of drug-likeness (QED) is 0.732. The summed E-state index contributed by atoms with van der Waals surface area (Å²) >= 11 is 0. The Bertz CT molecular complexity index is 648. The van der Waals surface area contributed by atoms with Crippen molar-refractivity contribution >= 4 is 11.6 Å². The van der Waals surface area contributed by atoms with Gasteiger partial charge >= 0.3 is 0 Å². The Kier molecular flexibility index (Phi) is 2.56. The first kappa shape index (κ1) is 11.8. The molecule has 2 aromatic rings. The van der Waals surface area contributed by atoms with Gasteiger partial charge in [-0.15, -0.1) is 0 Å². The summed E-state index contributed by atoms with van der Waals surface area (Å²) in [5.74, 6) is -1.05. The van der Waals surface area contributed by atoms with Gasteiger partial charge in [-0.25, -0.2) is 0 Å². The predicted octanol–water partition coefficient (Wildman–Crippen LogP) is 2.86. The molecule has 0 fully saturated rings. The molecule has 3 rings (SSSR count). The molecule has 0 aliphatic heterocycles. The van der Waals surface area contributed by atoms with Gasteiger partial charge in [0, 0.05) is 16.8 Å². The maximum atomic E-state index is 12.4. The van der Waals surface area contributed by atoms with Crippen molar-refractivity contribution in [2.75, 3.05) is 0 Å². The molecule has 1 aliphatic rings. The molecule has 0 bridgehead atoms. The summed E-state index contributed by atoms with van der Waals surface area (Å²) in [6.07, 6.45) is 0. The van der Waals surface area contributed by atoms with E-state index in [1.165, 1.54) is 0 Å². The largest absolute Gasteiger partial charge is 0.293 e. The summed E-state index contributed by atoms with van der Waals surface area (Å²) in [4.78, 5) is 29.1. The molecule has 94 valence electrons. The van der Waals surface area contributed by atoms with E-state index in [0.717, 1.165) is 11.3 Å². The number of aromatic nitrogens is 1. The molecule has 1 aromatic heterocycles. The number of hydrogen-bond acceptors (Lipinski definition) is 3. The number of ketones is 2. The number of pyridine rings is 1. The molecule has 0 N–H and O–H groups in total. The second-order valence-electron chi connectivity index (χ2n) is 4.92. The third-order valence-corrected chi connectivity index (χ3v) is 3.40. The Labute approximate surface area is 111 Å². The van der Waals surface area contributed by atoms with Gasteiger partial charge in [0.15, 0.2) is 11.6 Å². The molecule has 0 saturated heterocycles. The van der Waals surface area contributed by atoms with Gasteiger partial charge in [0.2, 0.25) is 0 Å². The van der Waals surface area contributed by atoms with Crippen molar-refractivity contribution in [3.8, 4) is 0 Å². The summed E-state index contributed by atoms with van der Waals surface area (Å²) in [6.45, 7) is 3.81. The summed E-state index contributed by atoms with van der Waals surface area (Å²) < 4.78 is 0. The normalized spacial score (nSPS) is 14.8. The van der Waals surface area contributed by atoms with Crippen molar-refractivity contribution in [1.29, 1.82) is 0 Å². The lowest BCUT2D eigenvalue weighted by atomic mass is 9.98. The summed E-state index contributed by atoms with van der Waals surface area (Å²) in [5, 5.41) is 0. The van der Waals surface area contributed by atoms with Crippen molar-refractivity contribution < 1.29 is 9.59 Å². The number of aryl methyl sites for hydroxylation is 2. The van der Waals surface area contributed by atoms with Crippen LogP contribution in [0.4, 0.5) is 0 Å². The molecule has 0 saturated carbocycles. The second kappa shape index (κ2) is 4.12. The lowest BCUT2D eigenvalue weighted by molar-refractivity contribution is 0.0888. The van der Waals surface area contributed by atoms with E-state index in [9.17, 15) is 9.59 Å². The van der Waals surface area contributed by atoms with Crippen molar-refractivity contribution in [3.63, 3.8) is 0 Å². The molecule has 1 aromatic carbocycles. The minimum Gasteiger partial charge on any atom is -0.293 e. The Hall–Kier alpha value is -2.29. The first-order chi connectivity index (χ1) is 9.08. The fourth-order valence-corrected chi connectivity index (χ4v) is 2.63. The fourth-order valence-electron chi connectivity index (χ4n) is 2.63. The molecular formula is C16H13NO2. The van der Waals surface area contributed by atoms with Gasteiger partial charge in [-0.05, 0) is 31.5 Å². The van der Waals surface area contributed by atoms with E-state index in [1.807, 2.05) is 26.0 Å². The highest BCUT2D eigenvalue weighted by Gasteiger charge is 2.40. The van der Waals surface area contributed by atoms with Gasteiger partial charge < -0.3 is 0 Å². The molecule has 0 atom stereocenters. The van der Waals surface area contributed by atoms with E-state index < -0.39 is 5.92 Å². The zero-order valence-corrected chi connectivity index (χ0v) is 10.8. The van der Waals surface area contributed by atoms with Gasteiger partial charge in [-0.1, -0.05) is 24.3 Å². The Balaban J connectivity index is 2.14. The van der Waals surface area contributed by atoms with Crippen LogP contribution >= 0.6 is 0 Å². The Morgan fingerprint density at radius 2 is 1.53 bits per heavy atom. The van der Waals surface area contributed by atoms with Gasteiger partial charge in [0.25, 0.3) is 0 Å². The van der Waals surface area contributed by atoms with Crippen LogP contribution in [0.15, 0.2) is 36.4 Å². The molecule has 0 amide bonds. The van der Waals surface area contributed by atoms with E-state index in [-0.39, 0.29) is 11.6 Å². The van der Waals surface area contributed by atoms with Crippen LogP contribution in [0.3, 0.4) is 0 Å². The molecule has 3 heteroatoms. The summed E-state index contributed by atoms with van der Waals surface area (Å²) in [7, 11) is 0. The summed E-state index contributed by atoms with van der Waals surface area (Å²) in [5.41, 5.74) is 3.42.